The molecule has 1 aromatic carbocycles. The number of carbonyl (C=O) groups is 2. The van der Waals surface area contributed by atoms with Gasteiger partial charge in [0.15, 0.2) is 0 Å². The Hall–Kier alpha value is -1.21. The number of benzene rings is 1. The van der Waals surface area contributed by atoms with Crippen molar-refractivity contribution in [2.75, 3.05) is 11.6 Å². The van der Waals surface area contributed by atoms with Crippen molar-refractivity contribution in [1.29, 1.82) is 0 Å². The fourth-order valence-corrected chi connectivity index (χ4v) is 3.59. The van der Waals surface area contributed by atoms with E-state index in [-0.39, 0.29) is 23.3 Å². The quantitative estimate of drug-likeness (QED) is 0.754. The van der Waals surface area contributed by atoms with E-state index >= 15 is 0 Å². The second-order valence-electron chi connectivity index (χ2n) is 4.96. The van der Waals surface area contributed by atoms with Gasteiger partial charge in [-0.3, -0.25) is 0 Å². The highest BCUT2D eigenvalue weighted by Gasteiger charge is 2.25. The van der Waals surface area contributed by atoms with Crippen molar-refractivity contribution < 1.29 is 14.7 Å². The van der Waals surface area contributed by atoms with E-state index in [1.54, 1.807) is 12.1 Å². The van der Waals surface area contributed by atoms with Crippen LogP contribution in [0, 0.1) is 0 Å². The number of anilines is 1. The molecule has 0 bridgehead atoms. The topological polar surface area (TPSA) is 78.4 Å². The minimum atomic E-state index is -1.07. The smallest absolute Gasteiger partial charge is 0.337 e. The summed E-state index contributed by atoms with van der Waals surface area (Å²) in [4.78, 5) is 23.2. The van der Waals surface area contributed by atoms with Crippen LogP contribution < -0.4 is 10.6 Å². The molecule has 5 nitrogen and oxygen atoms in total. The van der Waals surface area contributed by atoms with Gasteiger partial charge in [0.2, 0.25) is 0 Å². The van der Waals surface area contributed by atoms with E-state index in [4.69, 9.17) is 5.11 Å². The predicted molar refractivity (Wildman–Crippen MR) is 88.2 cm³/mol. The van der Waals surface area contributed by atoms with Gasteiger partial charge in [-0.15, -0.1) is 0 Å². The Balaban J connectivity index is 2.00. The van der Waals surface area contributed by atoms with Crippen molar-refractivity contribution in [3.05, 3.63) is 28.2 Å². The Morgan fingerprint density at radius 3 is 2.76 bits per heavy atom. The van der Waals surface area contributed by atoms with Crippen LogP contribution in [0.2, 0.25) is 0 Å². The maximum absolute atomic E-state index is 12.0. The molecule has 21 heavy (non-hydrogen) atoms. The molecule has 0 spiro atoms. The third-order valence-electron chi connectivity index (χ3n) is 3.51. The number of hydrogen-bond donors (Lipinski definition) is 3. The number of rotatable bonds is 4. The first-order valence-electron chi connectivity index (χ1n) is 6.62. The molecule has 7 heteroatoms. The Morgan fingerprint density at radius 2 is 2.14 bits per heavy atom. The molecule has 2 atom stereocenters. The lowest BCUT2D eigenvalue weighted by Gasteiger charge is -2.15. The second-order valence-corrected chi connectivity index (χ2v) is 7.01. The molecule has 3 N–H and O–H groups in total. The van der Waals surface area contributed by atoms with Crippen LogP contribution in [0.15, 0.2) is 22.7 Å². The molecule has 1 aliphatic carbocycles. The van der Waals surface area contributed by atoms with E-state index < -0.39 is 5.97 Å². The Bertz CT molecular complexity index is 553. The third kappa shape index (κ3) is 4.38. The second kappa shape index (κ2) is 7.17. The molecule has 0 aromatic heterocycles. The van der Waals surface area contributed by atoms with Gasteiger partial charge in [-0.2, -0.15) is 11.8 Å². The number of amides is 2. The number of hydrogen-bond acceptors (Lipinski definition) is 3. The number of thioether (sulfide) groups is 1. The molecule has 0 aliphatic heterocycles. The van der Waals surface area contributed by atoms with Gasteiger partial charge in [-0.05, 0) is 43.7 Å². The Kier molecular flexibility index (Phi) is 5.52. The number of nitrogens with one attached hydrogen (secondary N) is 2. The molecular formula is C14H17BrN2O3S. The SMILES string of the molecule is CSC1CCC(NC(=O)Nc2cc(Br)ccc2C(=O)O)C1. The molecule has 0 radical (unpaired) electrons. The molecule has 1 saturated carbocycles. The minimum Gasteiger partial charge on any atom is -0.478 e. The Morgan fingerprint density at radius 1 is 1.38 bits per heavy atom. The molecule has 1 aromatic rings. The standard InChI is InChI=1S/C14H17BrN2O3S/c1-21-10-4-3-9(7-10)16-14(20)17-12-6-8(15)2-5-11(12)13(18)19/h2,5-6,9-10H,3-4,7H2,1H3,(H,18,19)(H2,16,17,20). The van der Waals surface area contributed by atoms with Gasteiger partial charge >= 0.3 is 12.0 Å². The molecular weight excluding hydrogens is 356 g/mol. The van der Waals surface area contributed by atoms with Crippen molar-refractivity contribution in [1.82, 2.24) is 5.32 Å². The van der Waals surface area contributed by atoms with Crippen molar-refractivity contribution in [3.8, 4) is 0 Å². The van der Waals surface area contributed by atoms with Crippen molar-refractivity contribution in [2.45, 2.75) is 30.6 Å². The van der Waals surface area contributed by atoms with E-state index in [1.165, 1.54) is 6.07 Å². The first kappa shape index (κ1) is 16.2. The summed E-state index contributed by atoms with van der Waals surface area (Å²) in [6, 6.07) is 4.47. The van der Waals surface area contributed by atoms with E-state index in [0.717, 1.165) is 19.3 Å². The fourth-order valence-electron chi connectivity index (χ4n) is 2.44. The molecule has 2 unspecified atom stereocenters. The summed E-state index contributed by atoms with van der Waals surface area (Å²) >= 11 is 5.09. The molecule has 1 aliphatic rings. The summed E-state index contributed by atoms with van der Waals surface area (Å²) in [6.45, 7) is 0. The highest BCUT2D eigenvalue weighted by molar-refractivity contribution is 9.10. The van der Waals surface area contributed by atoms with E-state index in [1.807, 2.05) is 11.8 Å². The number of carboxylic acid groups (broad SMARTS) is 1. The van der Waals surface area contributed by atoms with Gasteiger partial charge in [-0.25, -0.2) is 9.59 Å². The van der Waals surface area contributed by atoms with Gasteiger partial charge < -0.3 is 15.7 Å². The maximum atomic E-state index is 12.0. The van der Waals surface area contributed by atoms with E-state index in [2.05, 4.69) is 32.8 Å². The Labute approximate surface area is 136 Å². The average Bonchev–Trinajstić information content (AvgIpc) is 2.85. The molecule has 0 saturated heterocycles. The predicted octanol–water partition coefficient (Wildman–Crippen LogP) is 3.55. The monoisotopic (exact) mass is 372 g/mol. The fraction of sp³-hybridized carbons (Fsp3) is 0.429. The summed E-state index contributed by atoms with van der Waals surface area (Å²) in [5.41, 5.74) is 0.357. The summed E-state index contributed by atoms with van der Waals surface area (Å²) in [6.07, 6.45) is 5.10. The zero-order valence-electron chi connectivity index (χ0n) is 11.6. The van der Waals surface area contributed by atoms with Crippen LogP contribution in [0.4, 0.5) is 10.5 Å². The van der Waals surface area contributed by atoms with E-state index in [9.17, 15) is 9.59 Å². The van der Waals surface area contributed by atoms with Crippen LogP contribution >= 0.6 is 27.7 Å². The van der Waals surface area contributed by atoms with Crippen LogP contribution in [0.5, 0.6) is 0 Å². The average molecular weight is 373 g/mol. The third-order valence-corrected chi connectivity index (χ3v) is 5.10. The molecule has 1 fully saturated rings. The first-order chi connectivity index (χ1) is 9.99. The van der Waals surface area contributed by atoms with Crippen LogP contribution in [0.3, 0.4) is 0 Å². The molecule has 2 rings (SSSR count). The zero-order valence-corrected chi connectivity index (χ0v) is 14.0. The lowest BCUT2D eigenvalue weighted by atomic mass is 10.2. The maximum Gasteiger partial charge on any atom is 0.337 e. The number of carboxylic acids is 1. The summed E-state index contributed by atoms with van der Waals surface area (Å²) in [7, 11) is 0. The van der Waals surface area contributed by atoms with Crippen molar-refractivity contribution >= 4 is 45.4 Å². The van der Waals surface area contributed by atoms with Gasteiger partial charge in [0.05, 0.1) is 11.3 Å². The number of aromatic carboxylic acids is 1. The largest absolute Gasteiger partial charge is 0.478 e. The summed E-state index contributed by atoms with van der Waals surface area (Å²) in [5, 5.41) is 15.3. The van der Waals surface area contributed by atoms with Crippen LogP contribution in [0.25, 0.3) is 0 Å². The lowest BCUT2D eigenvalue weighted by Crippen LogP contribution is -2.36. The molecule has 0 heterocycles. The normalized spacial score (nSPS) is 21.0. The highest BCUT2D eigenvalue weighted by atomic mass is 79.9. The summed E-state index contributed by atoms with van der Waals surface area (Å²) in [5.74, 6) is -1.07. The molecule has 2 amide bonds. The van der Waals surface area contributed by atoms with E-state index in [0.29, 0.717) is 9.72 Å². The van der Waals surface area contributed by atoms with Crippen LogP contribution in [-0.2, 0) is 0 Å². The number of carbonyl (C=O) groups excluding carboxylic acids is 1. The minimum absolute atomic E-state index is 0.0711. The van der Waals surface area contributed by atoms with Crippen molar-refractivity contribution in [3.63, 3.8) is 0 Å². The highest BCUT2D eigenvalue weighted by Crippen LogP contribution is 2.28. The zero-order chi connectivity index (χ0) is 15.4. The number of urea groups is 1. The lowest BCUT2D eigenvalue weighted by molar-refractivity contribution is 0.0698. The number of halogens is 1. The van der Waals surface area contributed by atoms with Gasteiger partial charge in [-0.1, -0.05) is 15.9 Å². The van der Waals surface area contributed by atoms with Crippen molar-refractivity contribution in [2.24, 2.45) is 0 Å². The van der Waals surface area contributed by atoms with Gasteiger partial charge in [0.25, 0.3) is 0 Å². The van der Waals surface area contributed by atoms with Crippen LogP contribution in [0.1, 0.15) is 29.6 Å². The van der Waals surface area contributed by atoms with Crippen LogP contribution in [-0.4, -0.2) is 34.7 Å². The molecule has 114 valence electrons. The van der Waals surface area contributed by atoms with Gasteiger partial charge in [0.1, 0.15) is 0 Å². The summed E-state index contributed by atoms with van der Waals surface area (Å²) < 4.78 is 0.714. The first-order valence-corrected chi connectivity index (χ1v) is 8.71. The van der Waals surface area contributed by atoms with Gasteiger partial charge in [0, 0.05) is 15.8 Å².